The van der Waals surface area contributed by atoms with Gasteiger partial charge in [-0.25, -0.2) is 4.90 Å². The summed E-state index contributed by atoms with van der Waals surface area (Å²) in [5.41, 5.74) is 5.23. The molecule has 35 heavy (non-hydrogen) atoms. The molecule has 1 amide bonds. The minimum Gasteiger partial charge on any atom is -0.361 e. The maximum atomic E-state index is 12.2. The fourth-order valence-electron chi connectivity index (χ4n) is 4.98. The van der Waals surface area contributed by atoms with Gasteiger partial charge in [-0.15, -0.1) is 0 Å². The monoisotopic (exact) mass is 488 g/mol. The molecule has 3 aromatic rings. The van der Waals surface area contributed by atoms with Crippen molar-refractivity contribution in [2.75, 3.05) is 19.6 Å². The lowest BCUT2D eigenvalue weighted by molar-refractivity contribution is -0.138. The van der Waals surface area contributed by atoms with Gasteiger partial charge in [-0.2, -0.15) is 0 Å². The highest BCUT2D eigenvalue weighted by atomic mass is 35.5. The largest absolute Gasteiger partial charge is 0.361 e. The van der Waals surface area contributed by atoms with Crippen LogP contribution < -0.4 is 5.32 Å². The Bertz CT molecular complexity index is 1260. The highest BCUT2D eigenvalue weighted by molar-refractivity contribution is 6.30. The number of piperazine rings is 1. The molecule has 0 aromatic heterocycles. The SMILES string of the molecule is Cc1cccc(C2C(c3ccc(Cl)cc3)N=C(c3ccccc3C)N2C(O)N2CCNC(=O)C2)c1. The van der Waals surface area contributed by atoms with Gasteiger partial charge in [0.05, 0.1) is 12.6 Å². The number of amides is 1. The van der Waals surface area contributed by atoms with E-state index in [4.69, 9.17) is 16.6 Å². The number of aliphatic hydroxyl groups excluding tert-OH is 1. The van der Waals surface area contributed by atoms with Crippen LogP contribution in [0.5, 0.6) is 0 Å². The predicted octanol–water partition coefficient (Wildman–Crippen LogP) is 4.21. The molecule has 2 aliphatic rings. The van der Waals surface area contributed by atoms with Crippen LogP contribution in [0.4, 0.5) is 0 Å². The van der Waals surface area contributed by atoms with E-state index in [2.05, 4.69) is 30.4 Å². The van der Waals surface area contributed by atoms with Crippen molar-refractivity contribution in [2.24, 2.45) is 4.99 Å². The lowest BCUT2D eigenvalue weighted by atomic mass is 9.92. The molecule has 5 rings (SSSR count). The maximum absolute atomic E-state index is 12.2. The normalized spacial score (nSPS) is 21.5. The Labute approximate surface area is 210 Å². The van der Waals surface area contributed by atoms with Gasteiger partial charge in [-0.05, 0) is 42.7 Å². The van der Waals surface area contributed by atoms with Crippen molar-refractivity contribution in [1.29, 1.82) is 0 Å². The summed E-state index contributed by atoms with van der Waals surface area (Å²) in [5.74, 6) is 0.623. The molecule has 3 unspecified atom stereocenters. The summed E-state index contributed by atoms with van der Waals surface area (Å²) >= 11 is 6.20. The second-order valence-corrected chi connectivity index (χ2v) is 9.63. The van der Waals surface area contributed by atoms with Gasteiger partial charge in [0.1, 0.15) is 11.9 Å². The van der Waals surface area contributed by atoms with Crippen molar-refractivity contribution in [1.82, 2.24) is 15.1 Å². The fraction of sp³-hybridized carbons (Fsp3) is 0.286. The van der Waals surface area contributed by atoms with Gasteiger partial charge in [0.15, 0.2) is 6.35 Å². The highest BCUT2D eigenvalue weighted by Gasteiger charge is 2.44. The summed E-state index contributed by atoms with van der Waals surface area (Å²) in [5, 5.41) is 15.3. The highest BCUT2D eigenvalue weighted by Crippen LogP contribution is 2.45. The van der Waals surface area contributed by atoms with Gasteiger partial charge in [-0.3, -0.25) is 9.79 Å². The van der Waals surface area contributed by atoms with Crippen LogP contribution in [0.1, 0.15) is 39.9 Å². The number of hydrogen-bond acceptors (Lipinski definition) is 5. The van der Waals surface area contributed by atoms with E-state index in [1.807, 2.05) is 66.4 Å². The van der Waals surface area contributed by atoms with Crippen LogP contribution in [0, 0.1) is 13.8 Å². The zero-order chi connectivity index (χ0) is 24.5. The van der Waals surface area contributed by atoms with E-state index < -0.39 is 6.35 Å². The summed E-state index contributed by atoms with van der Waals surface area (Å²) in [6.45, 7) is 5.29. The number of amidine groups is 1. The van der Waals surface area contributed by atoms with Gasteiger partial charge in [-0.1, -0.05) is 77.8 Å². The fourth-order valence-corrected chi connectivity index (χ4v) is 5.11. The van der Waals surface area contributed by atoms with E-state index in [-0.39, 0.29) is 24.5 Å². The van der Waals surface area contributed by atoms with Crippen LogP contribution in [-0.4, -0.2) is 52.6 Å². The zero-order valence-corrected chi connectivity index (χ0v) is 20.6. The number of benzene rings is 3. The molecule has 0 saturated carbocycles. The number of nitrogens with one attached hydrogen (secondary N) is 1. The number of carbonyl (C=O) groups is 1. The van der Waals surface area contributed by atoms with Gasteiger partial charge in [0.2, 0.25) is 5.91 Å². The third-order valence-electron chi connectivity index (χ3n) is 6.73. The van der Waals surface area contributed by atoms with E-state index in [9.17, 15) is 9.90 Å². The van der Waals surface area contributed by atoms with Gasteiger partial charge >= 0.3 is 0 Å². The minimum atomic E-state index is -1.03. The van der Waals surface area contributed by atoms with Crippen molar-refractivity contribution in [2.45, 2.75) is 32.3 Å². The Kier molecular flexibility index (Phi) is 6.60. The van der Waals surface area contributed by atoms with Gasteiger partial charge in [0, 0.05) is 23.7 Å². The second-order valence-electron chi connectivity index (χ2n) is 9.20. The van der Waals surface area contributed by atoms with Crippen molar-refractivity contribution in [3.05, 3.63) is 106 Å². The Balaban J connectivity index is 1.68. The standard InChI is InChI=1S/C28H29ClN4O2/c1-18-6-5-8-21(16-18)26-25(20-10-12-22(29)13-11-20)31-27(23-9-4-3-7-19(23)2)33(26)28(35)32-15-14-30-24(34)17-32/h3-13,16,25-26,28,35H,14-15,17H2,1-2H3,(H,30,34). The first-order valence-corrected chi connectivity index (χ1v) is 12.2. The molecule has 0 aliphatic carbocycles. The number of aliphatic hydroxyl groups is 1. The van der Waals surface area contributed by atoms with Crippen LogP contribution in [-0.2, 0) is 4.79 Å². The molecule has 180 valence electrons. The molecular weight excluding hydrogens is 460 g/mol. The van der Waals surface area contributed by atoms with Crippen LogP contribution in [0.25, 0.3) is 0 Å². The van der Waals surface area contributed by atoms with Crippen molar-refractivity contribution >= 4 is 23.3 Å². The summed E-state index contributed by atoms with van der Waals surface area (Å²) < 4.78 is 0. The van der Waals surface area contributed by atoms with E-state index in [1.165, 1.54) is 0 Å². The van der Waals surface area contributed by atoms with Gasteiger partial charge in [0.25, 0.3) is 0 Å². The summed E-state index contributed by atoms with van der Waals surface area (Å²) in [4.78, 5) is 21.2. The van der Waals surface area contributed by atoms with Crippen LogP contribution in [0.15, 0.2) is 77.8 Å². The van der Waals surface area contributed by atoms with Gasteiger partial charge < -0.3 is 15.3 Å². The van der Waals surface area contributed by atoms with E-state index in [1.54, 1.807) is 4.90 Å². The topological polar surface area (TPSA) is 68.2 Å². The number of rotatable bonds is 5. The molecular formula is C28H29ClN4O2. The molecule has 2 aliphatic heterocycles. The van der Waals surface area contributed by atoms with E-state index in [0.29, 0.717) is 23.9 Å². The molecule has 2 N–H and O–H groups in total. The summed E-state index contributed by atoms with van der Waals surface area (Å²) in [6, 6.07) is 23.6. The average molecular weight is 489 g/mol. The second kappa shape index (κ2) is 9.82. The summed E-state index contributed by atoms with van der Waals surface area (Å²) in [7, 11) is 0. The van der Waals surface area contributed by atoms with Crippen molar-refractivity contribution in [3.63, 3.8) is 0 Å². The third kappa shape index (κ3) is 4.69. The Hall–Kier alpha value is -3.19. The molecule has 0 spiro atoms. The van der Waals surface area contributed by atoms with Crippen LogP contribution in [0.3, 0.4) is 0 Å². The maximum Gasteiger partial charge on any atom is 0.234 e. The lowest BCUT2D eigenvalue weighted by Gasteiger charge is -2.41. The summed E-state index contributed by atoms with van der Waals surface area (Å²) in [6.07, 6.45) is -1.03. The molecule has 0 bridgehead atoms. The predicted molar refractivity (Wildman–Crippen MR) is 138 cm³/mol. The number of halogens is 1. The van der Waals surface area contributed by atoms with E-state index in [0.717, 1.165) is 27.8 Å². The molecule has 2 heterocycles. The van der Waals surface area contributed by atoms with Crippen molar-refractivity contribution in [3.8, 4) is 0 Å². The number of hydrogen-bond donors (Lipinski definition) is 2. The Morgan fingerprint density at radius 1 is 1.03 bits per heavy atom. The number of aryl methyl sites for hydroxylation is 2. The molecule has 1 fully saturated rings. The smallest absolute Gasteiger partial charge is 0.234 e. The number of nitrogens with zero attached hydrogens (tertiary/aromatic N) is 3. The first kappa shape index (κ1) is 23.5. The lowest BCUT2D eigenvalue weighted by Crippen LogP contribution is -2.58. The average Bonchev–Trinajstić information content (AvgIpc) is 3.24. The first-order valence-electron chi connectivity index (χ1n) is 11.9. The van der Waals surface area contributed by atoms with Crippen LogP contribution >= 0.6 is 11.6 Å². The quantitative estimate of drug-likeness (QED) is 0.564. The Morgan fingerprint density at radius 3 is 2.51 bits per heavy atom. The van der Waals surface area contributed by atoms with E-state index >= 15 is 0 Å². The minimum absolute atomic E-state index is 0.0924. The first-order chi connectivity index (χ1) is 16.9. The van der Waals surface area contributed by atoms with Crippen LogP contribution in [0.2, 0.25) is 5.02 Å². The van der Waals surface area contributed by atoms with Crippen molar-refractivity contribution < 1.29 is 9.90 Å². The number of carbonyl (C=O) groups excluding carboxylic acids is 1. The molecule has 1 saturated heterocycles. The molecule has 3 aromatic carbocycles. The molecule has 3 atom stereocenters. The molecule has 0 radical (unpaired) electrons. The zero-order valence-electron chi connectivity index (χ0n) is 19.9. The molecule has 6 nitrogen and oxygen atoms in total. The Morgan fingerprint density at radius 2 is 1.80 bits per heavy atom. The third-order valence-corrected chi connectivity index (χ3v) is 6.98. The molecule has 7 heteroatoms. The number of aliphatic imine (C=N–C) groups is 1.